The maximum Gasteiger partial charge on any atom is 0.330 e. The first-order valence-electron chi connectivity index (χ1n) is 9.51. The number of benzene rings is 2. The Balaban J connectivity index is 1.63. The van der Waals surface area contributed by atoms with Crippen LogP contribution in [0.25, 0.3) is 0 Å². The van der Waals surface area contributed by atoms with Gasteiger partial charge in [0.15, 0.2) is 6.04 Å². The number of aryl methyl sites for hydroxylation is 3. The normalized spacial score (nSPS) is 15.2. The highest BCUT2D eigenvalue weighted by Gasteiger charge is 2.27. The first-order valence-corrected chi connectivity index (χ1v) is 9.51. The number of carbonyl (C=O) groups is 2. The second kappa shape index (κ2) is 8.33. The number of aliphatic carboxylic acids is 1. The molecule has 2 aromatic rings. The van der Waals surface area contributed by atoms with Gasteiger partial charge in [-0.05, 0) is 49.6 Å². The summed E-state index contributed by atoms with van der Waals surface area (Å²) in [7, 11) is 0. The number of carboxylic acids is 1. The van der Waals surface area contributed by atoms with Crippen molar-refractivity contribution in [1.29, 1.82) is 0 Å². The van der Waals surface area contributed by atoms with Crippen LogP contribution < -0.4 is 10.2 Å². The standard InChI is InChI=1S/C22H27N3O3/c1-15-5-4-6-18(12-15)20(21(26)27)23-22(28)25-9-7-24(8-10-25)19-13-16(2)11-17(3)14-19/h4-6,11-14,20H,7-10H2,1-3H3,(H,23,28)(H,26,27)/t20-/m0/s1. The van der Waals surface area contributed by atoms with Gasteiger partial charge in [-0.2, -0.15) is 0 Å². The van der Waals surface area contributed by atoms with Crippen molar-refractivity contribution >= 4 is 17.7 Å². The van der Waals surface area contributed by atoms with Crippen molar-refractivity contribution in [3.8, 4) is 0 Å². The molecular formula is C22H27N3O3. The molecule has 6 heteroatoms. The summed E-state index contributed by atoms with van der Waals surface area (Å²) >= 11 is 0. The third-order valence-corrected chi connectivity index (χ3v) is 5.03. The number of nitrogens with one attached hydrogen (secondary N) is 1. The minimum atomic E-state index is -1.06. The van der Waals surface area contributed by atoms with E-state index in [1.54, 1.807) is 23.1 Å². The minimum Gasteiger partial charge on any atom is -0.479 e. The van der Waals surface area contributed by atoms with Crippen molar-refractivity contribution in [2.45, 2.75) is 26.8 Å². The molecule has 2 amide bonds. The highest BCUT2D eigenvalue weighted by Crippen LogP contribution is 2.21. The second-order valence-electron chi connectivity index (χ2n) is 7.45. The van der Waals surface area contributed by atoms with Crippen molar-refractivity contribution in [1.82, 2.24) is 10.2 Å². The number of carboxylic acid groups (broad SMARTS) is 1. The second-order valence-corrected chi connectivity index (χ2v) is 7.45. The number of rotatable bonds is 4. The van der Waals surface area contributed by atoms with Crippen LogP contribution in [0, 0.1) is 20.8 Å². The molecule has 0 spiro atoms. The van der Waals surface area contributed by atoms with Gasteiger partial charge in [0.2, 0.25) is 0 Å². The molecule has 3 rings (SSSR count). The van der Waals surface area contributed by atoms with Gasteiger partial charge < -0.3 is 20.2 Å². The van der Waals surface area contributed by atoms with Crippen LogP contribution in [0.5, 0.6) is 0 Å². The van der Waals surface area contributed by atoms with E-state index in [2.05, 4.69) is 42.3 Å². The van der Waals surface area contributed by atoms with Crippen LogP contribution in [0.1, 0.15) is 28.3 Å². The van der Waals surface area contributed by atoms with Crippen molar-refractivity contribution in [3.05, 3.63) is 64.7 Å². The molecule has 1 fully saturated rings. The quantitative estimate of drug-likeness (QED) is 0.853. The highest BCUT2D eigenvalue weighted by molar-refractivity contribution is 5.84. The zero-order chi connectivity index (χ0) is 20.3. The van der Waals surface area contributed by atoms with Crippen LogP contribution in [0.15, 0.2) is 42.5 Å². The molecule has 1 aliphatic heterocycles. The Morgan fingerprint density at radius 2 is 1.57 bits per heavy atom. The summed E-state index contributed by atoms with van der Waals surface area (Å²) in [6.45, 7) is 8.61. The number of piperazine rings is 1. The fourth-order valence-corrected chi connectivity index (χ4v) is 3.65. The Kier molecular flexibility index (Phi) is 5.87. The van der Waals surface area contributed by atoms with Gasteiger partial charge >= 0.3 is 12.0 Å². The third kappa shape index (κ3) is 4.63. The van der Waals surface area contributed by atoms with Gasteiger partial charge in [-0.15, -0.1) is 0 Å². The van der Waals surface area contributed by atoms with Crippen LogP contribution in [-0.2, 0) is 4.79 Å². The summed E-state index contributed by atoms with van der Waals surface area (Å²) in [5, 5.41) is 12.2. The van der Waals surface area contributed by atoms with Crippen LogP contribution in [-0.4, -0.2) is 48.2 Å². The Morgan fingerprint density at radius 3 is 2.14 bits per heavy atom. The molecule has 0 radical (unpaired) electrons. The number of anilines is 1. The molecule has 2 N–H and O–H groups in total. The van der Waals surface area contributed by atoms with E-state index in [1.165, 1.54) is 16.8 Å². The molecular weight excluding hydrogens is 354 g/mol. The lowest BCUT2D eigenvalue weighted by molar-refractivity contribution is -0.139. The maximum atomic E-state index is 12.7. The molecule has 1 aliphatic rings. The van der Waals surface area contributed by atoms with Gasteiger partial charge in [-0.3, -0.25) is 0 Å². The smallest absolute Gasteiger partial charge is 0.330 e. The summed E-state index contributed by atoms with van der Waals surface area (Å²) in [6, 6.07) is 12.3. The number of amides is 2. The molecule has 1 saturated heterocycles. The number of carbonyl (C=O) groups excluding carboxylic acids is 1. The maximum absolute atomic E-state index is 12.7. The Hall–Kier alpha value is -3.02. The van der Waals surface area contributed by atoms with Crippen LogP contribution in [0.3, 0.4) is 0 Å². The van der Waals surface area contributed by atoms with Crippen LogP contribution in [0.4, 0.5) is 10.5 Å². The molecule has 2 aromatic carbocycles. The number of hydrogen-bond acceptors (Lipinski definition) is 3. The molecule has 0 aliphatic carbocycles. The molecule has 1 atom stereocenters. The van der Waals surface area contributed by atoms with E-state index in [-0.39, 0.29) is 6.03 Å². The van der Waals surface area contributed by atoms with Gasteiger partial charge in [-0.25, -0.2) is 9.59 Å². The van der Waals surface area contributed by atoms with Crippen molar-refractivity contribution in [2.24, 2.45) is 0 Å². The van der Waals surface area contributed by atoms with E-state index in [4.69, 9.17) is 0 Å². The molecule has 28 heavy (non-hydrogen) atoms. The lowest BCUT2D eigenvalue weighted by atomic mass is 10.0. The molecule has 148 valence electrons. The van der Waals surface area contributed by atoms with Crippen molar-refractivity contribution in [3.63, 3.8) is 0 Å². The van der Waals surface area contributed by atoms with E-state index < -0.39 is 12.0 Å². The molecule has 6 nitrogen and oxygen atoms in total. The molecule has 0 aromatic heterocycles. The van der Waals surface area contributed by atoms with E-state index in [1.807, 2.05) is 13.0 Å². The summed E-state index contributed by atoms with van der Waals surface area (Å²) in [5.74, 6) is -1.06. The van der Waals surface area contributed by atoms with E-state index >= 15 is 0 Å². The Labute approximate surface area is 165 Å². The number of hydrogen-bond donors (Lipinski definition) is 2. The molecule has 0 unspecified atom stereocenters. The molecule has 0 bridgehead atoms. The summed E-state index contributed by atoms with van der Waals surface area (Å²) in [6.07, 6.45) is 0. The average Bonchev–Trinajstić information content (AvgIpc) is 2.65. The van der Waals surface area contributed by atoms with E-state index in [0.717, 1.165) is 18.7 Å². The van der Waals surface area contributed by atoms with Gasteiger partial charge in [0, 0.05) is 31.9 Å². The third-order valence-electron chi connectivity index (χ3n) is 5.03. The largest absolute Gasteiger partial charge is 0.479 e. The number of nitrogens with zero attached hydrogens (tertiary/aromatic N) is 2. The summed E-state index contributed by atoms with van der Waals surface area (Å²) < 4.78 is 0. The monoisotopic (exact) mass is 381 g/mol. The first kappa shape index (κ1) is 19.7. The Morgan fingerprint density at radius 1 is 0.929 bits per heavy atom. The molecule has 0 saturated carbocycles. The van der Waals surface area contributed by atoms with Gasteiger partial charge in [0.05, 0.1) is 0 Å². The predicted molar refractivity (Wildman–Crippen MR) is 110 cm³/mol. The lowest BCUT2D eigenvalue weighted by Gasteiger charge is -2.36. The van der Waals surface area contributed by atoms with Gasteiger partial charge in [-0.1, -0.05) is 35.9 Å². The van der Waals surface area contributed by atoms with Crippen LogP contribution in [0.2, 0.25) is 0 Å². The Bertz CT molecular complexity index is 853. The zero-order valence-electron chi connectivity index (χ0n) is 16.6. The van der Waals surface area contributed by atoms with Gasteiger partial charge in [0.25, 0.3) is 0 Å². The fraction of sp³-hybridized carbons (Fsp3) is 0.364. The average molecular weight is 381 g/mol. The van der Waals surface area contributed by atoms with Crippen molar-refractivity contribution < 1.29 is 14.7 Å². The summed E-state index contributed by atoms with van der Waals surface area (Å²) in [4.78, 5) is 28.3. The first-order chi connectivity index (χ1) is 13.3. The lowest BCUT2D eigenvalue weighted by Crippen LogP contribution is -2.53. The number of urea groups is 1. The SMILES string of the molecule is Cc1cccc([C@H](NC(=O)N2CCN(c3cc(C)cc(C)c3)CC2)C(=O)O)c1. The highest BCUT2D eigenvalue weighted by atomic mass is 16.4. The minimum absolute atomic E-state index is 0.339. The zero-order valence-corrected chi connectivity index (χ0v) is 16.6. The molecule has 1 heterocycles. The van der Waals surface area contributed by atoms with E-state index in [0.29, 0.717) is 18.7 Å². The van der Waals surface area contributed by atoms with Crippen molar-refractivity contribution in [2.75, 3.05) is 31.1 Å². The summed E-state index contributed by atoms with van der Waals surface area (Å²) in [5.41, 5.74) is 5.14. The van der Waals surface area contributed by atoms with Gasteiger partial charge in [0.1, 0.15) is 0 Å². The topological polar surface area (TPSA) is 72.9 Å². The van der Waals surface area contributed by atoms with Crippen LogP contribution >= 0.6 is 0 Å². The predicted octanol–water partition coefficient (Wildman–Crippen LogP) is 3.27. The van der Waals surface area contributed by atoms with E-state index in [9.17, 15) is 14.7 Å². The fourth-order valence-electron chi connectivity index (χ4n) is 3.65.